The van der Waals surface area contributed by atoms with E-state index >= 15 is 0 Å². The SMILES string of the molecule is CCN1CCN(C(=O)N[C@H](C(=O)N[C@H](C(=O)O)[C@@H]2N[C@H](C(=O)O)C(C)(C)S2)c2ccccc2)C(=O)C1=O. The van der Waals surface area contributed by atoms with Crippen LogP contribution in [0.4, 0.5) is 4.79 Å². The maximum absolute atomic E-state index is 13.3. The molecule has 2 fully saturated rings. The topological polar surface area (TPSA) is 185 Å². The Morgan fingerprint density at radius 2 is 1.73 bits per heavy atom. The summed E-state index contributed by atoms with van der Waals surface area (Å²) in [6.45, 7) is 5.37. The molecule has 2 aliphatic rings. The number of rotatable bonds is 8. The number of nitrogens with zero attached hydrogens (tertiary/aromatic N) is 2. The third kappa shape index (κ3) is 6.02. The van der Waals surface area contributed by atoms with Crippen molar-refractivity contribution in [2.75, 3.05) is 19.6 Å². The Labute approximate surface area is 216 Å². The molecule has 0 spiro atoms. The van der Waals surface area contributed by atoms with Crippen LogP contribution < -0.4 is 16.0 Å². The number of carboxylic acids is 2. The molecule has 1 aromatic rings. The van der Waals surface area contributed by atoms with Crippen molar-refractivity contribution >= 4 is 47.5 Å². The van der Waals surface area contributed by atoms with Crippen LogP contribution in [-0.4, -0.2) is 97.5 Å². The molecule has 14 heteroatoms. The summed E-state index contributed by atoms with van der Waals surface area (Å²) >= 11 is 1.06. The zero-order chi connectivity index (χ0) is 27.5. The van der Waals surface area contributed by atoms with Crippen LogP contribution in [0.3, 0.4) is 0 Å². The molecule has 0 aromatic heterocycles. The van der Waals surface area contributed by atoms with Crippen LogP contribution in [0.15, 0.2) is 30.3 Å². The van der Waals surface area contributed by atoms with Gasteiger partial charge in [0.05, 0.1) is 5.37 Å². The normalized spacial score (nSPS) is 22.8. The van der Waals surface area contributed by atoms with E-state index in [1.807, 2.05) is 0 Å². The van der Waals surface area contributed by atoms with Gasteiger partial charge in [-0.15, -0.1) is 11.8 Å². The number of piperazine rings is 1. The van der Waals surface area contributed by atoms with Crippen molar-refractivity contribution in [3.05, 3.63) is 35.9 Å². The number of hydrogen-bond acceptors (Lipinski definition) is 8. The molecule has 37 heavy (non-hydrogen) atoms. The molecule has 0 saturated carbocycles. The van der Waals surface area contributed by atoms with Crippen LogP contribution in [0, 0.1) is 0 Å². The van der Waals surface area contributed by atoms with Crippen LogP contribution in [0.5, 0.6) is 0 Å². The van der Waals surface area contributed by atoms with Crippen molar-refractivity contribution in [2.45, 2.75) is 49.0 Å². The fraction of sp³-hybridized carbons (Fsp3) is 0.478. The number of amides is 5. The standard InChI is InChI=1S/C23H29N5O8S/c1-4-27-10-11-28(19(31)18(27)30)22(36)25-13(12-8-6-5-7-9-12)16(29)24-14(20(32)33)17-26-15(21(34)35)23(2,3)37-17/h5-9,13-15,17,26H,4,10-11H2,1-3H3,(H,24,29)(H,25,36)(H,32,33)(H,34,35)/t13-,14-,15+,17+/m0/s1. The lowest BCUT2D eigenvalue weighted by atomic mass is 10.0. The molecule has 0 radical (unpaired) electrons. The van der Waals surface area contributed by atoms with Gasteiger partial charge in [0.2, 0.25) is 5.91 Å². The zero-order valence-corrected chi connectivity index (χ0v) is 21.3. The van der Waals surface area contributed by atoms with Gasteiger partial charge in [-0.3, -0.25) is 29.4 Å². The summed E-state index contributed by atoms with van der Waals surface area (Å²) in [4.78, 5) is 76.7. The third-order valence-electron chi connectivity index (χ3n) is 6.17. The number of benzene rings is 1. The Balaban J connectivity index is 1.82. The van der Waals surface area contributed by atoms with E-state index in [9.17, 15) is 39.0 Å². The summed E-state index contributed by atoms with van der Waals surface area (Å²) in [6.07, 6.45) is 0. The summed E-state index contributed by atoms with van der Waals surface area (Å²) in [5.74, 6) is -5.33. The van der Waals surface area contributed by atoms with Crippen LogP contribution in [0.25, 0.3) is 0 Å². The third-order valence-corrected chi connectivity index (χ3v) is 7.67. The van der Waals surface area contributed by atoms with E-state index in [1.165, 1.54) is 17.0 Å². The molecule has 1 aromatic carbocycles. The minimum atomic E-state index is -1.54. The highest BCUT2D eigenvalue weighted by atomic mass is 32.2. The van der Waals surface area contributed by atoms with E-state index in [0.29, 0.717) is 17.0 Å². The molecular formula is C23H29N5O8S. The van der Waals surface area contributed by atoms with Crippen LogP contribution >= 0.6 is 11.8 Å². The predicted octanol–water partition coefficient (Wildman–Crippen LogP) is -0.408. The number of likely N-dealkylation sites (N-methyl/N-ethyl adjacent to an activating group) is 1. The minimum absolute atomic E-state index is 0.0700. The van der Waals surface area contributed by atoms with E-state index in [-0.39, 0.29) is 13.1 Å². The van der Waals surface area contributed by atoms with Gasteiger partial charge < -0.3 is 25.7 Å². The first kappa shape index (κ1) is 27.9. The lowest BCUT2D eigenvalue weighted by Crippen LogP contribution is -2.60. The van der Waals surface area contributed by atoms with E-state index in [1.54, 1.807) is 39.0 Å². The molecule has 5 amide bonds. The van der Waals surface area contributed by atoms with Gasteiger partial charge in [0.25, 0.3) is 0 Å². The van der Waals surface area contributed by atoms with E-state index in [0.717, 1.165) is 11.8 Å². The Kier molecular flexibility index (Phi) is 8.43. The number of urea groups is 1. The smallest absolute Gasteiger partial charge is 0.328 e. The van der Waals surface area contributed by atoms with Gasteiger partial charge in [-0.2, -0.15) is 0 Å². The average molecular weight is 536 g/mol. The minimum Gasteiger partial charge on any atom is -0.480 e. The lowest BCUT2D eigenvalue weighted by Gasteiger charge is -2.33. The van der Waals surface area contributed by atoms with Gasteiger partial charge >= 0.3 is 29.8 Å². The molecule has 2 saturated heterocycles. The molecule has 4 atom stereocenters. The Hall–Kier alpha value is -3.65. The Morgan fingerprint density at radius 3 is 2.27 bits per heavy atom. The molecule has 0 unspecified atom stereocenters. The van der Waals surface area contributed by atoms with E-state index in [4.69, 9.17) is 0 Å². The maximum atomic E-state index is 13.3. The maximum Gasteiger partial charge on any atom is 0.328 e. The second-order valence-electron chi connectivity index (χ2n) is 9.04. The van der Waals surface area contributed by atoms with Gasteiger partial charge in [-0.05, 0) is 26.3 Å². The molecule has 3 rings (SSSR count). The largest absolute Gasteiger partial charge is 0.480 e. The van der Waals surface area contributed by atoms with Gasteiger partial charge in [0, 0.05) is 24.4 Å². The van der Waals surface area contributed by atoms with E-state index in [2.05, 4.69) is 16.0 Å². The molecular weight excluding hydrogens is 506 g/mol. The summed E-state index contributed by atoms with van der Waals surface area (Å²) < 4.78 is -0.866. The number of aliphatic carboxylic acids is 2. The quantitative estimate of drug-likeness (QED) is 0.274. The molecule has 2 aliphatic heterocycles. The fourth-order valence-corrected chi connectivity index (χ4v) is 5.63. The highest BCUT2D eigenvalue weighted by molar-refractivity contribution is 8.01. The first-order chi connectivity index (χ1) is 17.4. The molecule has 13 nitrogen and oxygen atoms in total. The van der Waals surface area contributed by atoms with Crippen LogP contribution in [-0.2, 0) is 24.0 Å². The predicted molar refractivity (Wildman–Crippen MR) is 131 cm³/mol. The van der Waals surface area contributed by atoms with Crippen molar-refractivity contribution in [3.63, 3.8) is 0 Å². The summed E-state index contributed by atoms with van der Waals surface area (Å²) in [6, 6.07) is 2.99. The molecule has 5 N–H and O–H groups in total. The Morgan fingerprint density at radius 1 is 1.08 bits per heavy atom. The highest BCUT2D eigenvalue weighted by Crippen LogP contribution is 2.39. The van der Waals surface area contributed by atoms with Gasteiger partial charge in [0.1, 0.15) is 12.1 Å². The van der Waals surface area contributed by atoms with Gasteiger partial charge in [-0.1, -0.05) is 30.3 Å². The number of hydrogen-bond donors (Lipinski definition) is 5. The van der Waals surface area contributed by atoms with Crippen molar-refractivity contribution in [2.24, 2.45) is 0 Å². The number of nitrogens with one attached hydrogen (secondary N) is 3. The summed E-state index contributed by atoms with van der Waals surface area (Å²) in [5, 5.41) is 25.9. The summed E-state index contributed by atoms with van der Waals surface area (Å²) in [5.41, 5.74) is 0.305. The summed E-state index contributed by atoms with van der Waals surface area (Å²) in [7, 11) is 0. The number of carboxylic acid groups (broad SMARTS) is 2. The molecule has 2 heterocycles. The zero-order valence-electron chi connectivity index (χ0n) is 20.5. The fourth-order valence-electron chi connectivity index (χ4n) is 4.15. The van der Waals surface area contributed by atoms with Gasteiger partial charge in [0.15, 0.2) is 6.04 Å². The highest BCUT2D eigenvalue weighted by Gasteiger charge is 2.50. The lowest BCUT2D eigenvalue weighted by molar-refractivity contribution is -0.153. The van der Waals surface area contributed by atoms with Crippen LogP contribution in [0.1, 0.15) is 32.4 Å². The molecule has 0 aliphatic carbocycles. The number of thioether (sulfide) groups is 1. The van der Waals surface area contributed by atoms with Gasteiger partial charge in [-0.25, -0.2) is 9.59 Å². The van der Waals surface area contributed by atoms with Crippen LogP contribution in [0.2, 0.25) is 0 Å². The second-order valence-corrected chi connectivity index (χ2v) is 10.8. The monoisotopic (exact) mass is 535 g/mol. The Bertz CT molecular complexity index is 1100. The molecule has 200 valence electrons. The number of carbonyl (C=O) groups is 6. The average Bonchev–Trinajstić information content (AvgIpc) is 3.17. The first-order valence-corrected chi connectivity index (χ1v) is 12.4. The van der Waals surface area contributed by atoms with Crippen molar-refractivity contribution in [1.29, 1.82) is 0 Å². The van der Waals surface area contributed by atoms with Crippen molar-refractivity contribution < 1.29 is 39.0 Å². The van der Waals surface area contributed by atoms with E-state index < -0.39 is 63.9 Å². The van der Waals surface area contributed by atoms with Crippen molar-refractivity contribution in [3.8, 4) is 0 Å². The molecule has 0 bridgehead atoms. The second kappa shape index (κ2) is 11.2. The first-order valence-electron chi connectivity index (χ1n) is 11.5. The number of imide groups is 1. The number of carbonyl (C=O) groups excluding carboxylic acids is 4. The van der Waals surface area contributed by atoms with Crippen molar-refractivity contribution in [1.82, 2.24) is 25.8 Å².